The first-order valence-corrected chi connectivity index (χ1v) is 9.87. The van der Waals surface area contributed by atoms with Crippen LogP contribution in [-0.2, 0) is 15.4 Å². The molecule has 6 heteroatoms. The SMILES string of the molecule is CC(=O)c1cc(C23CC2CN(S(=O)(=O)c2ccc(C)cc2)C3)oc1C. The number of furan rings is 1. The van der Waals surface area contributed by atoms with E-state index in [4.69, 9.17) is 4.42 Å². The molecule has 2 fully saturated rings. The number of sulfonamides is 1. The van der Waals surface area contributed by atoms with Crippen molar-refractivity contribution in [1.82, 2.24) is 4.31 Å². The van der Waals surface area contributed by atoms with E-state index in [0.29, 0.717) is 29.3 Å². The Morgan fingerprint density at radius 2 is 1.92 bits per heavy atom. The van der Waals surface area contributed by atoms with Crippen LogP contribution in [0, 0.1) is 19.8 Å². The summed E-state index contributed by atoms with van der Waals surface area (Å²) in [5, 5.41) is 0. The Labute approximate surface area is 147 Å². The van der Waals surface area contributed by atoms with Crippen molar-refractivity contribution in [2.24, 2.45) is 5.92 Å². The Balaban J connectivity index is 1.63. The Morgan fingerprint density at radius 3 is 2.52 bits per heavy atom. The van der Waals surface area contributed by atoms with Crippen LogP contribution < -0.4 is 0 Å². The Morgan fingerprint density at radius 1 is 1.24 bits per heavy atom. The zero-order valence-electron chi connectivity index (χ0n) is 14.6. The summed E-state index contributed by atoms with van der Waals surface area (Å²) in [6, 6.07) is 8.75. The molecule has 1 aromatic carbocycles. The molecule has 1 aliphatic heterocycles. The van der Waals surface area contributed by atoms with Crippen LogP contribution in [0.25, 0.3) is 0 Å². The van der Waals surface area contributed by atoms with Crippen LogP contribution in [0.4, 0.5) is 0 Å². The minimum atomic E-state index is -3.50. The molecule has 5 nitrogen and oxygen atoms in total. The smallest absolute Gasteiger partial charge is 0.243 e. The van der Waals surface area contributed by atoms with Crippen molar-refractivity contribution in [2.75, 3.05) is 13.1 Å². The third-order valence-electron chi connectivity index (χ3n) is 5.56. The van der Waals surface area contributed by atoms with Gasteiger partial charge < -0.3 is 4.42 Å². The molecule has 1 saturated heterocycles. The van der Waals surface area contributed by atoms with Gasteiger partial charge in [0.05, 0.1) is 10.5 Å². The van der Waals surface area contributed by atoms with E-state index >= 15 is 0 Å². The van der Waals surface area contributed by atoms with Gasteiger partial charge in [-0.05, 0) is 51.3 Å². The van der Waals surface area contributed by atoms with E-state index in [9.17, 15) is 13.2 Å². The van der Waals surface area contributed by atoms with Crippen LogP contribution in [0.1, 0.15) is 40.8 Å². The molecule has 132 valence electrons. The van der Waals surface area contributed by atoms with Gasteiger partial charge in [0.15, 0.2) is 5.78 Å². The van der Waals surface area contributed by atoms with Crippen LogP contribution >= 0.6 is 0 Å². The quantitative estimate of drug-likeness (QED) is 0.787. The average molecular weight is 359 g/mol. The highest BCUT2D eigenvalue weighted by molar-refractivity contribution is 7.89. The number of carbonyl (C=O) groups excluding carboxylic acids is 1. The lowest BCUT2D eigenvalue weighted by atomic mass is 10.0. The average Bonchev–Trinajstić information content (AvgIpc) is 2.91. The van der Waals surface area contributed by atoms with Crippen molar-refractivity contribution >= 4 is 15.8 Å². The second-order valence-corrected chi connectivity index (χ2v) is 9.24. The van der Waals surface area contributed by atoms with Gasteiger partial charge in [0.1, 0.15) is 11.5 Å². The van der Waals surface area contributed by atoms with E-state index in [1.165, 1.54) is 6.92 Å². The highest BCUT2D eigenvalue weighted by Crippen LogP contribution is 2.60. The molecule has 0 N–H and O–H groups in total. The molecule has 2 aliphatic rings. The maximum Gasteiger partial charge on any atom is 0.243 e. The maximum absolute atomic E-state index is 12.9. The van der Waals surface area contributed by atoms with Crippen molar-refractivity contribution in [3.63, 3.8) is 0 Å². The Bertz CT molecular complexity index is 958. The highest BCUT2D eigenvalue weighted by Gasteiger charge is 2.64. The summed E-state index contributed by atoms with van der Waals surface area (Å²) in [5.41, 5.74) is 1.35. The van der Waals surface area contributed by atoms with Gasteiger partial charge in [-0.1, -0.05) is 17.7 Å². The first-order valence-electron chi connectivity index (χ1n) is 8.43. The largest absolute Gasteiger partial charge is 0.465 e. The zero-order chi connectivity index (χ0) is 18.0. The first kappa shape index (κ1) is 16.5. The van der Waals surface area contributed by atoms with Crippen molar-refractivity contribution < 1.29 is 17.6 Å². The van der Waals surface area contributed by atoms with Crippen LogP contribution in [0.5, 0.6) is 0 Å². The first-order chi connectivity index (χ1) is 11.7. The van der Waals surface area contributed by atoms with E-state index in [1.807, 2.05) is 19.1 Å². The fraction of sp³-hybridized carbons (Fsp3) is 0.421. The summed E-state index contributed by atoms with van der Waals surface area (Å²) < 4.78 is 33.2. The lowest BCUT2D eigenvalue weighted by Gasteiger charge is -2.20. The zero-order valence-corrected chi connectivity index (χ0v) is 15.4. The topological polar surface area (TPSA) is 67.6 Å². The molecule has 2 aromatic rings. The van der Waals surface area contributed by atoms with Gasteiger partial charge in [0.2, 0.25) is 10.0 Å². The standard InChI is InChI=1S/C19H21NO4S/c1-12-4-6-16(7-5-12)25(22,23)20-10-15-9-19(15,11-20)18-8-17(13(2)21)14(3)24-18/h4-8,15H,9-11H2,1-3H3. The predicted octanol–water partition coefficient (Wildman–Crippen LogP) is 3.06. The number of nitrogens with zero attached hydrogens (tertiary/aromatic N) is 1. The van der Waals surface area contributed by atoms with E-state index in [0.717, 1.165) is 17.7 Å². The molecule has 0 amide bonds. The number of hydrogen-bond donors (Lipinski definition) is 0. The minimum absolute atomic E-state index is 0.0248. The van der Waals surface area contributed by atoms with Gasteiger partial charge in [-0.15, -0.1) is 0 Å². The van der Waals surface area contributed by atoms with Crippen molar-refractivity contribution in [2.45, 2.75) is 37.5 Å². The van der Waals surface area contributed by atoms with Crippen molar-refractivity contribution in [3.05, 3.63) is 53.0 Å². The molecule has 4 rings (SSSR count). The third-order valence-corrected chi connectivity index (χ3v) is 7.39. The number of hydrogen-bond acceptors (Lipinski definition) is 4. The number of benzene rings is 1. The molecular weight excluding hydrogens is 338 g/mol. The molecule has 2 atom stereocenters. The summed E-state index contributed by atoms with van der Waals surface area (Å²) in [5.74, 6) is 1.60. The third kappa shape index (κ3) is 2.47. The molecule has 1 aromatic heterocycles. The number of rotatable bonds is 4. The fourth-order valence-electron chi connectivity index (χ4n) is 3.94. The van der Waals surface area contributed by atoms with Gasteiger partial charge in [-0.2, -0.15) is 4.31 Å². The van der Waals surface area contributed by atoms with Gasteiger partial charge in [0.25, 0.3) is 0 Å². The summed E-state index contributed by atoms with van der Waals surface area (Å²) in [7, 11) is -3.50. The molecule has 0 radical (unpaired) electrons. The molecule has 1 saturated carbocycles. The van der Waals surface area contributed by atoms with Crippen LogP contribution in [-0.4, -0.2) is 31.6 Å². The van der Waals surface area contributed by atoms with Gasteiger partial charge >= 0.3 is 0 Å². The van der Waals surface area contributed by atoms with Gasteiger partial charge in [0, 0.05) is 18.5 Å². The van der Waals surface area contributed by atoms with Gasteiger partial charge in [-0.3, -0.25) is 4.79 Å². The Kier molecular flexibility index (Phi) is 3.50. The van der Waals surface area contributed by atoms with E-state index in [2.05, 4.69) is 0 Å². The summed E-state index contributed by atoms with van der Waals surface area (Å²) in [6.45, 7) is 6.16. The molecular formula is C19H21NO4S. The summed E-state index contributed by atoms with van der Waals surface area (Å²) >= 11 is 0. The van der Waals surface area contributed by atoms with Crippen LogP contribution in [0.3, 0.4) is 0 Å². The molecule has 1 aliphatic carbocycles. The summed E-state index contributed by atoms with van der Waals surface area (Å²) in [4.78, 5) is 12.0. The molecule has 2 heterocycles. The number of piperidine rings is 1. The van der Waals surface area contributed by atoms with E-state index < -0.39 is 10.0 Å². The van der Waals surface area contributed by atoms with Crippen molar-refractivity contribution in [3.8, 4) is 0 Å². The maximum atomic E-state index is 12.9. The Hall–Kier alpha value is -1.92. The van der Waals surface area contributed by atoms with E-state index in [-0.39, 0.29) is 17.1 Å². The number of Topliss-reactive ketones (excluding diaryl/α,β-unsaturated/α-hetero) is 1. The monoisotopic (exact) mass is 359 g/mol. The number of ketones is 1. The van der Waals surface area contributed by atoms with Gasteiger partial charge in [-0.25, -0.2) is 8.42 Å². The molecule has 0 spiro atoms. The number of fused-ring (bicyclic) bond motifs is 1. The van der Waals surface area contributed by atoms with Crippen LogP contribution in [0.2, 0.25) is 0 Å². The van der Waals surface area contributed by atoms with Crippen molar-refractivity contribution in [1.29, 1.82) is 0 Å². The molecule has 0 bridgehead atoms. The number of carbonyl (C=O) groups is 1. The summed E-state index contributed by atoms with van der Waals surface area (Å²) in [6.07, 6.45) is 0.914. The lowest BCUT2D eigenvalue weighted by Crippen LogP contribution is -2.32. The predicted molar refractivity (Wildman–Crippen MR) is 93.2 cm³/mol. The molecule has 25 heavy (non-hydrogen) atoms. The number of aryl methyl sites for hydroxylation is 2. The normalized spacial score (nSPS) is 25.8. The fourth-order valence-corrected chi connectivity index (χ4v) is 5.49. The molecule has 2 unspecified atom stereocenters. The lowest BCUT2D eigenvalue weighted by molar-refractivity contribution is 0.101. The van der Waals surface area contributed by atoms with E-state index in [1.54, 1.807) is 29.4 Å². The minimum Gasteiger partial charge on any atom is -0.465 e. The second kappa shape index (κ2) is 5.29. The highest BCUT2D eigenvalue weighted by atomic mass is 32.2. The van der Waals surface area contributed by atoms with Crippen LogP contribution in [0.15, 0.2) is 39.6 Å². The second-order valence-electron chi connectivity index (χ2n) is 7.30.